The molecule has 58 heavy (non-hydrogen) atoms. The summed E-state index contributed by atoms with van der Waals surface area (Å²) >= 11 is 0. The zero-order valence-electron chi connectivity index (χ0n) is 32.4. The number of hydrogen-bond donors (Lipinski definition) is 0. The summed E-state index contributed by atoms with van der Waals surface area (Å²) in [6.45, 7) is 2.15. The lowest BCUT2D eigenvalue weighted by Gasteiger charge is -2.27. The molecule has 9 aromatic rings. The average molecular weight is 746 g/mol. The highest BCUT2D eigenvalue weighted by molar-refractivity contribution is 5.83. The number of hydrogen-bond acceptors (Lipinski definition) is 3. The van der Waals surface area contributed by atoms with Gasteiger partial charge in [0.2, 0.25) is 0 Å². The quantitative estimate of drug-likeness (QED) is 0.131. The van der Waals surface area contributed by atoms with Gasteiger partial charge in [-0.15, -0.1) is 0 Å². The summed E-state index contributed by atoms with van der Waals surface area (Å²) in [6.07, 6.45) is 0. The maximum atomic E-state index is 2.34. The Kier molecular flexibility index (Phi) is 10.3. The Hall–Kier alpha value is -7.62. The topological polar surface area (TPSA) is 9.72 Å². The van der Waals surface area contributed by atoms with Crippen LogP contribution in [0.25, 0.3) is 22.3 Å². The Morgan fingerprint density at radius 1 is 0.207 bits per heavy atom. The summed E-state index contributed by atoms with van der Waals surface area (Å²) in [5, 5.41) is 0. The van der Waals surface area contributed by atoms with Gasteiger partial charge in [0, 0.05) is 51.2 Å². The predicted molar refractivity (Wildman–Crippen MR) is 246 cm³/mol. The normalized spacial score (nSPS) is 10.8. The zero-order chi connectivity index (χ0) is 39.1. The predicted octanol–water partition coefficient (Wildman–Crippen LogP) is 15.7. The third-order valence-corrected chi connectivity index (χ3v) is 10.5. The van der Waals surface area contributed by atoms with Crippen LogP contribution in [0.1, 0.15) is 5.56 Å². The Labute approximate surface area is 342 Å². The minimum absolute atomic E-state index is 1.10. The minimum Gasteiger partial charge on any atom is -0.311 e. The highest BCUT2D eigenvalue weighted by Gasteiger charge is 2.16. The lowest BCUT2D eigenvalue weighted by molar-refractivity contribution is 1.27. The zero-order valence-corrected chi connectivity index (χ0v) is 32.4. The minimum atomic E-state index is 1.10. The van der Waals surface area contributed by atoms with Gasteiger partial charge in [-0.1, -0.05) is 133 Å². The second kappa shape index (κ2) is 16.6. The molecule has 0 radical (unpaired) electrons. The van der Waals surface area contributed by atoms with Crippen molar-refractivity contribution in [1.82, 2.24) is 0 Å². The molecule has 0 fully saturated rings. The van der Waals surface area contributed by atoms with Crippen LogP contribution in [0.4, 0.5) is 51.2 Å². The van der Waals surface area contributed by atoms with Crippen molar-refractivity contribution in [3.05, 3.63) is 248 Å². The van der Waals surface area contributed by atoms with Gasteiger partial charge in [-0.25, -0.2) is 0 Å². The van der Waals surface area contributed by atoms with Gasteiger partial charge in [0.15, 0.2) is 0 Å². The Morgan fingerprint density at radius 2 is 0.431 bits per heavy atom. The average Bonchev–Trinajstić information content (AvgIpc) is 3.29. The third-order valence-electron chi connectivity index (χ3n) is 10.5. The molecule has 0 aliphatic carbocycles. The standard InChI is InChI=1S/C55H43N3/c1-42-15-14-24-55(41-42)58(53-37-29-45(30-38-53)43-25-33-51(34-26-43)56(47-16-6-2-7-17-47)48-18-8-3-9-19-48)54-39-31-46(32-40-54)44-27-35-52(36-28-44)57(49-20-10-4-11-21-49)50-22-12-5-13-23-50/h2-41H,1H3. The van der Waals surface area contributed by atoms with Crippen LogP contribution >= 0.6 is 0 Å². The fourth-order valence-corrected chi connectivity index (χ4v) is 7.63. The molecule has 0 aromatic heterocycles. The maximum Gasteiger partial charge on any atom is 0.0464 e. The molecule has 0 bridgehead atoms. The van der Waals surface area contributed by atoms with Gasteiger partial charge in [-0.05, 0) is 144 Å². The van der Waals surface area contributed by atoms with E-state index >= 15 is 0 Å². The van der Waals surface area contributed by atoms with Crippen molar-refractivity contribution in [2.45, 2.75) is 6.92 Å². The lowest BCUT2D eigenvalue weighted by atomic mass is 10.0. The van der Waals surface area contributed by atoms with Gasteiger partial charge in [-0.3, -0.25) is 0 Å². The molecule has 9 rings (SSSR count). The Bertz CT molecular complexity index is 2430. The van der Waals surface area contributed by atoms with Crippen molar-refractivity contribution < 1.29 is 0 Å². The number of para-hydroxylation sites is 4. The van der Waals surface area contributed by atoms with Gasteiger partial charge in [0.25, 0.3) is 0 Å². The van der Waals surface area contributed by atoms with Crippen molar-refractivity contribution in [3.8, 4) is 22.3 Å². The largest absolute Gasteiger partial charge is 0.311 e. The fourth-order valence-electron chi connectivity index (χ4n) is 7.63. The SMILES string of the molecule is Cc1cccc(N(c2ccc(-c3ccc(N(c4ccccc4)c4ccccc4)cc3)cc2)c2ccc(-c3ccc(N(c4ccccc4)c4ccccc4)cc3)cc2)c1. The molecule has 0 aliphatic rings. The molecule has 0 N–H and O–H groups in total. The summed E-state index contributed by atoms with van der Waals surface area (Å²) in [5.41, 5.74) is 16.0. The van der Waals surface area contributed by atoms with E-state index < -0.39 is 0 Å². The molecule has 0 saturated heterocycles. The molecular formula is C55H43N3. The van der Waals surface area contributed by atoms with Crippen molar-refractivity contribution >= 4 is 51.2 Å². The van der Waals surface area contributed by atoms with Crippen LogP contribution in [-0.4, -0.2) is 0 Å². The first kappa shape index (κ1) is 36.0. The molecular weight excluding hydrogens is 703 g/mol. The molecule has 0 unspecified atom stereocenters. The second-order valence-corrected chi connectivity index (χ2v) is 14.4. The van der Waals surface area contributed by atoms with Gasteiger partial charge >= 0.3 is 0 Å². The van der Waals surface area contributed by atoms with E-state index in [-0.39, 0.29) is 0 Å². The van der Waals surface area contributed by atoms with Crippen molar-refractivity contribution in [2.24, 2.45) is 0 Å². The summed E-state index contributed by atoms with van der Waals surface area (Å²) in [7, 11) is 0. The number of nitrogens with zero attached hydrogens (tertiary/aromatic N) is 3. The lowest BCUT2D eigenvalue weighted by Crippen LogP contribution is -2.10. The summed E-state index contributed by atoms with van der Waals surface area (Å²) < 4.78 is 0. The highest BCUT2D eigenvalue weighted by atomic mass is 15.2. The first-order valence-corrected chi connectivity index (χ1v) is 19.8. The van der Waals surface area contributed by atoms with Gasteiger partial charge in [-0.2, -0.15) is 0 Å². The van der Waals surface area contributed by atoms with E-state index in [4.69, 9.17) is 0 Å². The van der Waals surface area contributed by atoms with E-state index in [0.717, 1.165) is 51.2 Å². The van der Waals surface area contributed by atoms with Crippen molar-refractivity contribution in [2.75, 3.05) is 14.7 Å². The van der Waals surface area contributed by atoms with E-state index in [2.05, 4.69) is 264 Å². The molecule has 0 heterocycles. The molecule has 9 aromatic carbocycles. The van der Waals surface area contributed by atoms with Gasteiger partial charge in [0.1, 0.15) is 0 Å². The summed E-state index contributed by atoms with van der Waals surface area (Å²) in [6, 6.07) is 86.3. The highest BCUT2D eigenvalue weighted by Crippen LogP contribution is 2.40. The van der Waals surface area contributed by atoms with E-state index in [1.807, 2.05) is 0 Å². The molecule has 3 nitrogen and oxygen atoms in total. The van der Waals surface area contributed by atoms with E-state index in [9.17, 15) is 0 Å². The fraction of sp³-hybridized carbons (Fsp3) is 0.0182. The van der Waals surface area contributed by atoms with E-state index in [1.54, 1.807) is 0 Å². The van der Waals surface area contributed by atoms with Crippen LogP contribution in [0.3, 0.4) is 0 Å². The van der Waals surface area contributed by atoms with Crippen LogP contribution in [0, 0.1) is 6.92 Å². The molecule has 0 spiro atoms. The van der Waals surface area contributed by atoms with Crippen LogP contribution in [0.15, 0.2) is 243 Å². The molecule has 0 atom stereocenters. The third kappa shape index (κ3) is 7.75. The molecule has 0 aliphatic heterocycles. The summed E-state index contributed by atoms with van der Waals surface area (Å²) in [4.78, 5) is 6.92. The Balaban J connectivity index is 0.983. The molecule has 0 saturated carbocycles. The first-order valence-electron chi connectivity index (χ1n) is 19.8. The van der Waals surface area contributed by atoms with E-state index in [1.165, 1.54) is 27.8 Å². The maximum absolute atomic E-state index is 2.34. The Morgan fingerprint density at radius 3 is 0.690 bits per heavy atom. The summed E-state index contributed by atoms with van der Waals surface area (Å²) in [5.74, 6) is 0. The van der Waals surface area contributed by atoms with Gasteiger partial charge in [0.05, 0.1) is 0 Å². The molecule has 0 amide bonds. The number of benzene rings is 9. The molecule has 278 valence electrons. The van der Waals surface area contributed by atoms with Crippen molar-refractivity contribution in [3.63, 3.8) is 0 Å². The van der Waals surface area contributed by atoms with Crippen LogP contribution in [-0.2, 0) is 0 Å². The van der Waals surface area contributed by atoms with Crippen LogP contribution < -0.4 is 14.7 Å². The smallest absolute Gasteiger partial charge is 0.0464 e. The second-order valence-electron chi connectivity index (χ2n) is 14.4. The number of anilines is 9. The first-order chi connectivity index (χ1) is 28.7. The molecule has 3 heteroatoms. The number of aryl methyl sites for hydroxylation is 1. The van der Waals surface area contributed by atoms with Crippen LogP contribution in [0.5, 0.6) is 0 Å². The van der Waals surface area contributed by atoms with Crippen LogP contribution in [0.2, 0.25) is 0 Å². The van der Waals surface area contributed by atoms with Crippen molar-refractivity contribution in [1.29, 1.82) is 0 Å². The number of rotatable bonds is 11. The monoisotopic (exact) mass is 745 g/mol. The van der Waals surface area contributed by atoms with Gasteiger partial charge < -0.3 is 14.7 Å². The van der Waals surface area contributed by atoms with E-state index in [0.29, 0.717) is 0 Å².